The van der Waals surface area contributed by atoms with Gasteiger partial charge in [-0.1, -0.05) is 41.6 Å². The summed E-state index contributed by atoms with van der Waals surface area (Å²) < 4.78 is 1.29. The van der Waals surface area contributed by atoms with Crippen LogP contribution in [0, 0.1) is 0 Å². The molecule has 0 amide bonds. The maximum Gasteiger partial charge on any atom is 0.280 e. The molecule has 118 valence electrons. The normalized spacial score (nSPS) is 12.2. The second-order valence-electron chi connectivity index (χ2n) is 5.93. The highest BCUT2D eigenvalue weighted by atomic mass is 16.2. The number of hydrogen-bond donors (Lipinski definition) is 0. The molecule has 5 nitrogen and oxygen atoms in total. The number of carbonyl (C=O) groups is 2. The van der Waals surface area contributed by atoms with Crippen LogP contribution in [0.15, 0.2) is 66.7 Å². The van der Waals surface area contributed by atoms with Crippen LogP contribution in [0.1, 0.15) is 26.3 Å². The quantitative estimate of drug-likeness (QED) is 0.474. The number of aromatic nitrogens is 3. The standard InChI is InChI=1S/C20H11N3O2/c24-19-14-6-2-1-5-13(14)16-11-12(9-10-15(16)19)20(25)23-18-8-4-3-7-17(18)21-22-23/h1-11H. The van der Waals surface area contributed by atoms with Crippen LogP contribution >= 0.6 is 0 Å². The molecule has 0 bridgehead atoms. The Bertz CT molecular complexity index is 1190. The molecule has 5 rings (SSSR count). The highest BCUT2D eigenvalue weighted by molar-refractivity contribution is 6.22. The molecule has 3 aromatic carbocycles. The Morgan fingerprint density at radius 3 is 2.40 bits per heavy atom. The fraction of sp³-hybridized carbons (Fsp3) is 0. The summed E-state index contributed by atoms with van der Waals surface area (Å²) in [4.78, 5) is 25.4. The van der Waals surface area contributed by atoms with E-state index in [-0.39, 0.29) is 11.7 Å². The highest BCUT2D eigenvalue weighted by Gasteiger charge is 2.27. The number of nitrogens with zero attached hydrogens (tertiary/aromatic N) is 3. The molecule has 0 fully saturated rings. The minimum Gasteiger partial charge on any atom is -0.289 e. The third-order valence-electron chi connectivity index (χ3n) is 4.52. The summed E-state index contributed by atoms with van der Waals surface area (Å²) in [6, 6.07) is 19.9. The maximum absolute atomic E-state index is 12.9. The van der Waals surface area contributed by atoms with Gasteiger partial charge in [-0.15, -0.1) is 5.10 Å². The minimum atomic E-state index is -0.270. The Morgan fingerprint density at radius 2 is 1.52 bits per heavy atom. The van der Waals surface area contributed by atoms with E-state index in [4.69, 9.17) is 0 Å². The first-order chi connectivity index (χ1) is 12.2. The lowest BCUT2D eigenvalue weighted by Gasteiger charge is -2.05. The van der Waals surface area contributed by atoms with E-state index in [1.165, 1.54) is 4.68 Å². The lowest BCUT2D eigenvalue weighted by molar-refractivity contribution is 0.0947. The molecular formula is C20H11N3O2. The van der Waals surface area contributed by atoms with Gasteiger partial charge in [0.15, 0.2) is 5.78 Å². The van der Waals surface area contributed by atoms with Crippen molar-refractivity contribution in [3.05, 3.63) is 83.4 Å². The number of fused-ring (bicyclic) bond motifs is 4. The second-order valence-corrected chi connectivity index (χ2v) is 5.93. The fourth-order valence-electron chi connectivity index (χ4n) is 3.30. The number of para-hydroxylation sites is 1. The van der Waals surface area contributed by atoms with Crippen molar-refractivity contribution in [2.45, 2.75) is 0 Å². The first kappa shape index (κ1) is 13.8. The number of benzene rings is 3. The van der Waals surface area contributed by atoms with Crippen LogP contribution in [0.3, 0.4) is 0 Å². The predicted octanol–water partition coefficient (Wildman–Crippen LogP) is 3.33. The Hall–Kier alpha value is -3.60. The van der Waals surface area contributed by atoms with Crippen molar-refractivity contribution in [2.24, 2.45) is 0 Å². The van der Waals surface area contributed by atoms with Crippen LogP contribution in [0.5, 0.6) is 0 Å². The SMILES string of the molecule is O=C1c2ccccc2-c2cc(C(=O)n3nnc4ccccc43)ccc21. The average molecular weight is 325 g/mol. The number of ketones is 1. The molecule has 0 aliphatic heterocycles. The molecule has 0 saturated heterocycles. The van der Waals surface area contributed by atoms with Crippen molar-refractivity contribution < 1.29 is 9.59 Å². The summed E-state index contributed by atoms with van der Waals surface area (Å²) in [5.74, 6) is -0.274. The largest absolute Gasteiger partial charge is 0.289 e. The van der Waals surface area contributed by atoms with E-state index in [0.29, 0.717) is 27.7 Å². The Balaban J connectivity index is 1.66. The van der Waals surface area contributed by atoms with E-state index in [1.54, 1.807) is 24.3 Å². The highest BCUT2D eigenvalue weighted by Crippen LogP contribution is 2.37. The number of carbonyl (C=O) groups excluding carboxylic acids is 2. The monoisotopic (exact) mass is 325 g/mol. The van der Waals surface area contributed by atoms with E-state index in [0.717, 1.165) is 11.1 Å². The molecule has 0 radical (unpaired) electrons. The van der Waals surface area contributed by atoms with Gasteiger partial charge in [0.1, 0.15) is 5.52 Å². The number of hydrogen-bond acceptors (Lipinski definition) is 4. The van der Waals surface area contributed by atoms with Crippen molar-refractivity contribution in [2.75, 3.05) is 0 Å². The van der Waals surface area contributed by atoms with Crippen LogP contribution in [-0.2, 0) is 0 Å². The van der Waals surface area contributed by atoms with E-state index in [2.05, 4.69) is 10.3 Å². The van der Waals surface area contributed by atoms with Gasteiger partial charge in [0.05, 0.1) is 5.52 Å². The third-order valence-corrected chi connectivity index (χ3v) is 4.52. The van der Waals surface area contributed by atoms with E-state index in [9.17, 15) is 9.59 Å². The van der Waals surface area contributed by atoms with Crippen LogP contribution in [-0.4, -0.2) is 26.7 Å². The van der Waals surface area contributed by atoms with Crippen LogP contribution < -0.4 is 0 Å². The Kier molecular flexibility index (Phi) is 2.73. The van der Waals surface area contributed by atoms with Crippen molar-refractivity contribution in [3.63, 3.8) is 0 Å². The molecule has 0 N–H and O–H groups in total. The summed E-state index contributed by atoms with van der Waals surface area (Å²) in [6.07, 6.45) is 0. The second kappa shape index (κ2) is 4.95. The third kappa shape index (κ3) is 1.89. The summed E-state index contributed by atoms with van der Waals surface area (Å²) in [5.41, 5.74) is 4.74. The topological polar surface area (TPSA) is 64.8 Å². The lowest BCUT2D eigenvalue weighted by atomic mass is 10.0. The Morgan fingerprint density at radius 1 is 0.800 bits per heavy atom. The van der Waals surface area contributed by atoms with Crippen molar-refractivity contribution in [1.82, 2.24) is 15.0 Å². The van der Waals surface area contributed by atoms with Crippen LogP contribution in [0.2, 0.25) is 0 Å². The van der Waals surface area contributed by atoms with Gasteiger partial charge in [0.25, 0.3) is 5.91 Å². The zero-order chi connectivity index (χ0) is 17.0. The average Bonchev–Trinajstić information content (AvgIpc) is 3.21. The zero-order valence-corrected chi connectivity index (χ0v) is 13.0. The van der Waals surface area contributed by atoms with Gasteiger partial charge >= 0.3 is 0 Å². The number of rotatable bonds is 1. The molecule has 1 aromatic heterocycles. The zero-order valence-electron chi connectivity index (χ0n) is 13.0. The van der Waals surface area contributed by atoms with E-state index in [1.807, 2.05) is 42.5 Å². The van der Waals surface area contributed by atoms with Gasteiger partial charge in [0, 0.05) is 16.7 Å². The molecule has 5 heteroatoms. The molecular weight excluding hydrogens is 314 g/mol. The molecule has 4 aromatic rings. The summed E-state index contributed by atoms with van der Waals surface area (Å²) in [6.45, 7) is 0. The predicted molar refractivity (Wildman–Crippen MR) is 92.6 cm³/mol. The first-order valence-electron chi connectivity index (χ1n) is 7.87. The molecule has 0 saturated carbocycles. The summed E-state index contributed by atoms with van der Waals surface area (Å²) in [7, 11) is 0. The lowest BCUT2D eigenvalue weighted by Crippen LogP contribution is -2.14. The van der Waals surface area contributed by atoms with Crippen LogP contribution in [0.25, 0.3) is 22.2 Å². The molecule has 1 aliphatic rings. The minimum absolute atomic E-state index is 0.00388. The van der Waals surface area contributed by atoms with Gasteiger partial charge in [-0.2, -0.15) is 4.68 Å². The molecule has 25 heavy (non-hydrogen) atoms. The Labute approximate surface area is 142 Å². The van der Waals surface area contributed by atoms with E-state index >= 15 is 0 Å². The molecule has 0 spiro atoms. The molecule has 0 unspecified atom stereocenters. The van der Waals surface area contributed by atoms with Crippen molar-refractivity contribution in [1.29, 1.82) is 0 Å². The molecule has 0 atom stereocenters. The molecule has 1 heterocycles. The first-order valence-corrected chi connectivity index (χ1v) is 7.87. The molecule has 1 aliphatic carbocycles. The van der Waals surface area contributed by atoms with Gasteiger partial charge in [-0.05, 0) is 41.5 Å². The van der Waals surface area contributed by atoms with Crippen molar-refractivity contribution >= 4 is 22.7 Å². The van der Waals surface area contributed by atoms with Gasteiger partial charge < -0.3 is 0 Å². The smallest absolute Gasteiger partial charge is 0.280 e. The maximum atomic E-state index is 12.9. The fourth-order valence-corrected chi connectivity index (χ4v) is 3.30. The van der Waals surface area contributed by atoms with Crippen molar-refractivity contribution in [3.8, 4) is 11.1 Å². The summed E-state index contributed by atoms with van der Waals surface area (Å²) >= 11 is 0. The van der Waals surface area contributed by atoms with Gasteiger partial charge in [-0.3, -0.25) is 9.59 Å². The van der Waals surface area contributed by atoms with Gasteiger partial charge in [-0.25, -0.2) is 0 Å². The van der Waals surface area contributed by atoms with Gasteiger partial charge in [0.2, 0.25) is 0 Å². The van der Waals surface area contributed by atoms with Crippen LogP contribution in [0.4, 0.5) is 0 Å². The summed E-state index contributed by atoms with van der Waals surface area (Å²) in [5, 5.41) is 8.00. The van der Waals surface area contributed by atoms with E-state index < -0.39 is 0 Å².